The quantitative estimate of drug-likeness (QED) is 0.907. The van der Waals surface area contributed by atoms with Crippen molar-refractivity contribution in [1.82, 2.24) is 15.3 Å². The molecule has 0 saturated carbocycles. The largest absolute Gasteiger partial charge is 0.355 e. The van der Waals surface area contributed by atoms with Gasteiger partial charge < -0.3 is 15.5 Å². The summed E-state index contributed by atoms with van der Waals surface area (Å²) in [5.41, 5.74) is 1.98. The highest BCUT2D eigenvalue weighted by Crippen LogP contribution is 2.20. The lowest BCUT2D eigenvalue weighted by molar-refractivity contribution is 0.249. The predicted molar refractivity (Wildman–Crippen MR) is 95.2 cm³/mol. The SMILES string of the molecule is Cc1ccc(NC(=O)NC[C@H]2CCCN(c3cnccn3)C2)cc1. The van der Waals surface area contributed by atoms with E-state index >= 15 is 0 Å². The van der Waals surface area contributed by atoms with Gasteiger partial charge in [0, 0.05) is 37.7 Å². The van der Waals surface area contributed by atoms with Gasteiger partial charge in [0.25, 0.3) is 0 Å². The maximum atomic E-state index is 12.0. The number of rotatable bonds is 4. The van der Waals surface area contributed by atoms with Gasteiger partial charge in [0.05, 0.1) is 6.20 Å². The molecule has 2 amide bonds. The van der Waals surface area contributed by atoms with E-state index in [0.717, 1.165) is 37.4 Å². The summed E-state index contributed by atoms with van der Waals surface area (Å²) in [6, 6.07) is 7.62. The summed E-state index contributed by atoms with van der Waals surface area (Å²) in [7, 11) is 0. The Kier molecular flexibility index (Phi) is 5.25. The van der Waals surface area contributed by atoms with Crippen LogP contribution in [0.25, 0.3) is 0 Å². The fraction of sp³-hybridized carbons (Fsp3) is 0.389. The second-order valence-corrected chi connectivity index (χ2v) is 6.22. The van der Waals surface area contributed by atoms with Crippen molar-refractivity contribution >= 4 is 17.5 Å². The molecule has 126 valence electrons. The minimum atomic E-state index is -0.157. The van der Waals surface area contributed by atoms with Gasteiger partial charge in [-0.1, -0.05) is 17.7 Å². The molecule has 1 aromatic carbocycles. The van der Waals surface area contributed by atoms with Crippen LogP contribution in [-0.4, -0.2) is 35.6 Å². The molecule has 2 heterocycles. The van der Waals surface area contributed by atoms with E-state index in [9.17, 15) is 4.79 Å². The second kappa shape index (κ2) is 7.77. The van der Waals surface area contributed by atoms with Crippen LogP contribution in [0.2, 0.25) is 0 Å². The van der Waals surface area contributed by atoms with E-state index in [4.69, 9.17) is 0 Å². The number of nitrogens with one attached hydrogen (secondary N) is 2. The molecule has 1 fully saturated rings. The molecule has 1 atom stereocenters. The fourth-order valence-electron chi connectivity index (χ4n) is 2.94. The van der Waals surface area contributed by atoms with Gasteiger partial charge in [-0.05, 0) is 37.8 Å². The number of hydrogen-bond acceptors (Lipinski definition) is 4. The van der Waals surface area contributed by atoms with Gasteiger partial charge in [0.1, 0.15) is 5.82 Å². The lowest BCUT2D eigenvalue weighted by Gasteiger charge is -2.33. The van der Waals surface area contributed by atoms with Crippen molar-refractivity contribution < 1.29 is 4.79 Å². The number of nitrogens with zero attached hydrogens (tertiary/aromatic N) is 3. The normalized spacial score (nSPS) is 17.4. The summed E-state index contributed by atoms with van der Waals surface area (Å²) in [5, 5.41) is 5.84. The van der Waals surface area contributed by atoms with E-state index in [-0.39, 0.29) is 6.03 Å². The van der Waals surface area contributed by atoms with Crippen molar-refractivity contribution in [1.29, 1.82) is 0 Å². The molecule has 1 aliphatic rings. The Morgan fingerprint density at radius 2 is 2.12 bits per heavy atom. The van der Waals surface area contributed by atoms with Gasteiger partial charge in [-0.25, -0.2) is 9.78 Å². The number of benzene rings is 1. The molecule has 6 heteroatoms. The van der Waals surface area contributed by atoms with Crippen LogP contribution in [0, 0.1) is 12.8 Å². The monoisotopic (exact) mass is 325 g/mol. The molecule has 0 spiro atoms. The predicted octanol–water partition coefficient (Wildman–Crippen LogP) is 2.82. The minimum absolute atomic E-state index is 0.157. The van der Waals surface area contributed by atoms with Crippen molar-refractivity contribution in [3.8, 4) is 0 Å². The number of amides is 2. The molecule has 0 unspecified atom stereocenters. The number of carbonyl (C=O) groups is 1. The zero-order valence-corrected chi connectivity index (χ0v) is 13.9. The zero-order valence-electron chi connectivity index (χ0n) is 13.9. The number of aromatic nitrogens is 2. The van der Waals surface area contributed by atoms with E-state index in [1.165, 1.54) is 5.56 Å². The van der Waals surface area contributed by atoms with Gasteiger partial charge in [-0.3, -0.25) is 4.98 Å². The smallest absolute Gasteiger partial charge is 0.319 e. The molecule has 3 rings (SSSR count). The molecule has 2 N–H and O–H groups in total. The van der Waals surface area contributed by atoms with Gasteiger partial charge in [-0.15, -0.1) is 0 Å². The first kappa shape index (κ1) is 16.2. The van der Waals surface area contributed by atoms with Crippen molar-refractivity contribution in [3.63, 3.8) is 0 Å². The van der Waals surface area contributed by atoms with Crippen LogP contribution < -0.4 is 15.5 Å². The van der Waals surface area contributed by atoms with Crippen LogP contribution in [0.1, 0.15) is 18.4 Å². The maximum Gasteiger partial charge on any atom is 0.319 e. The number of anilines is 2. The molecule has 1 aromatic heterocycles. The number of piperidine rings is 1. The van der Waals surface area contributed by atoms with Gasteiger partial charge in [0.2, 0.25) is 0 Å². The van der Waals surface area contributed by atoms with Crippen LogP contribution in [0.4, 0.5) is 16.3 Å². The Morgan fingerprint density at radius 3 is 2.88 bits per heavy atom. The Morgan fingerprint density at radius 1 is 1.29 bits per heavy atom. The van der Waals surface area contributed by atoms with Gasteiger partial charge >= 0.3 is 6.03 Å². The summed E-state index contributed by atoms with van der Waals surface area (Å²) in [5.74, 6) is 1.33. The third-order valence-electron chi connectivity index (χ3n) is 4.25. The Bertz CT molecular complexity index is 659. The van der Waals surface area contributed by atoms with Gasteiger partial charge in [0.15, 0.2) is 0 Å². The fourth-order valence-corrected chi connectivity index (χ4v) is 2.94. The molecule has 0 bridgehead atoms. The van der Waals surface area contributed by atoms with Gasteiger partial charge in [-0.2, -0.15) is 0 Å². The number of carbonyl (C=O) groups excluding carboxylic acids is 1. The Balaban J connectivity index is 1.47. The van der Waals surface area contributed by atoms with Crippen molar-refractivity contribution in [3.05, 3.63) is 48.4 Å². The van der Waals surface area contributed by atoms with Crippen LogP contribution in [0.15, 0.2) is 42.9 Å². The Labute approximate surface area is 142 Å². The highest BCUT2D eigenvalue weighted by atomic mass is 16.2. The molecule has 0 aliphatic carbocycles. The molecule has 24 heavy (non-hydrogen) atoms. The van der Waals surface area contributed by atoms with E-state index in [0.29, 0.717) is 12.5 Å². The molecule has 1 aliphatic heterocycles. The molecule has 2 aromatic rings. The van der Waals surface area contributed by atoms with E-state index < -0.39 is 0 Å². The van der Waals surface area contributed by atoms with E-state index in [1.807, 2.05) is 31.2 Å². The van der Waals surface area contributed by atoms with Crippen molar-refractivity contribution in [2.45, 2.75) is 19.8 Å². The third-order valence-corrected chi connectivity index (χ3v) is 4.25. The lowest BCUT2D eigenvalue weighted by atomic mass is 9.98. The van der Waals surface area contributed by atoms with E-state index in [1.54, 1.807) is 18.6 Å². The van der Waals surface area contributed by atoms with E-state index in [2.05, 4.69) is 25.5 Å². The lowest BCUT2D eigenvalue weighted by Crippen LogP contribution is -2.42. The molecule has 1 saturated heterocycles. The number of urea groups is 1. The summed E-state index contributed by atoms with van der Waals surface area (Å²) in [6.45, 7) is 4.57. The minimum Gasteiger partial charge on any atom is -0.355 e. The number of aryl methyl sites for hydroxylation is 1. The number of hydrogen-bond donors (Lipinski definition) is 2. The topological polar surface area (TPSA) is 70.2 Å². The summed E-state index contributed by atoms with van der Waals surface area (Å²) < 4.78 is 0. The van der Waals surface area contributed by atoms with Crippen LogP contribution in [0.3, 0.4) is 0 Å². The average Bonchev–Trinajstić information content (AvgIpc) is 2.63. The Hall–Kier alpha value is -2.63. The highest BCUT2D eigenvalue weighted by molar-refractivity contribution is 5.89. The summed E-state index contributed by atoms with van der Waals surface area (Å²) in [6.07, 6.45) is 7.40. The highest BCUT2D eigenvalue weighted by Gasteiger charge is 2.21. The summed E-state index contributed by atoms with van der Waals surface area (Å²) in [4.78, 5) is 22.8. The first-order chi connectivity index (χ1) is 11.7. The van der Waals surface area contributed by atoms with Crippen LogP contribution in [-0.2, 0) is 0 Å². The molecular formula is C18H23N5O. The third kappa shape index (κ3) is 4.44. The van der Waals surface area contributed by atoms with Crippen LogP contribution in [0.5, 0.6) is 0 Å². The average molecular weight is 325 g/mol. The van der Waals surface area contributed by atoms with Crippen molar-refractivity contribution in [2.75, 3.05) is 29.9 Å². The zero-order chi connectivity index (χ0) is 16.8. The van der Waals surface area contributed by atoms with Crippen LogP contribution >= 0.6 is 0 Å². The molecular weight excluding hydrogens is 302 g/mol. The first-order valence-electron chi connectivity index (χ1n) is 8.33. The van der Waals surface area contributed by atoms with Crippen molar-refractivity contribution in [2.24, 2.45) is 5.92 Å². The summed E-state index contributed by atoms with van der Waals surface area (Å²) >= 11 is 0. The maximum absolute atomic E-state index is 12.0. The first-order valence-corrected chi connectivity index (χ1v) is 8.33. The molecule has 0 radical (unpaired) electrons. The standard InChI is InChI=1S/C18H23N5O/c1-14-4-6-16(7-5-14)22-18(24)21-11-15-3-2-10-23(13-15)17-12-19-8-9-20-17/h4-9,12,15H,2-3,10-11,13H2,1H3,(H2,21,22,24)/t15-/m1/s1. The second-order valence-electron chi connectivity index (χ2n) is 6.22. The molecule has 6 nitrogen and oxygen atoms in total.